The first kappa shape index (κ1) is 15.9. The highest BCUT2D eigenvalue weighted by molar-refractivity contribution is 5.90. The number of methoxy groups -OCH3 is 1. The molecule has 0 bridgehead atoms. The van der Waals surface area contributed by atoms with Gasteiger partial charge in [-0.15, -0.1) is 0 Å². The van der Waals surface area contributed by atoms with Crippen LogP contribution < -0.4 is 4.74 Å². The van der Waals surface area contributed by atoms with E-state index in [9.17, 15) is 18.0 Å². The van der Waals surface area contributed by atoms with E-state index in [1.807, 2.05) is 0 Å². The van der Waals surface area contributed by atoms with Crippen molar-refractivity contribution in [3.05, 3.63) is 53.0 Å². The molecule has 0 saturated heterocycles. The lowest BCUT2D eigenvalue weighted by Gasteiger charge is -2.07. The maximum atomic E-state index is 12.8. The molecule has 0 radical (unpaired) electrons. The van der Waals surface area contributed by atoms with Gasteiger partial charge in [-0.3, -0.25) is 0 Å². The Labute approximate surface area is 124 Å². The quantitative estimate of drug-likeness (QED) is 0.801. The molecule has 0 amide bonds. The van der Waals surface area contributed by atoms with Gasteiger partial charge in [-0.1, -0.05) is 12.1 Å². The predicted molar refractivity (Wildman–Crippen MR) is 70.6 cm³/mol. The average molecular weight is 314 g/mol. The van der Waals surface area contributed by atoms with Crippen molar-refractivity contribution in [3.63, 3.8) is 0 Å². The van der Waals surface area contributed by atoms with Gasteiger partial charge < -0.3 is 13.9 Å². The Hall–Kier alpha value is -2.44. The van der Waals surface area contributed by atoms with Gasteiger partial charge in [0.15, 0.2) is 0 Å². The molecule has 0 aliphatic heterocycles. The minimum Gasteiger partial charge on any atom is -0.497 e. The van der Waals surface area contributed by atoms with Crippen molar-refractivity contribution < 1.29 is 31.9 Å². The lowest BCUT2D eigenvalue weighted by Crippen LogP contribution is -2.12. The number of carbonyl (C=O) groups excluding carboxylic acids is 1. The van der Waals surface area contributed by atoms with Crippen LogP contribution in [0.25, 0.3) is 0 Å². The van der Waals surface area contributed by atoms with Gasteiger partial charge in [-0.2, -0.15) is 13.2 Å². The number of hydrogen-bond acceptors (Lipinski definition) is 4. The Morgan fingerprint density at radius 3 is 2.41 bits per heavy atom. The van der Waals surface area contributed by atoms with E-state index in [2.05, 4.69) is 4.42 Å². The van der Waals surface area contributed by atoms with Crippen LogP contribution in [-0.2, 0) is 17.5 Å². The van der Waals surface area contributed by atoms with Crippen LogP contribution in [0.1, 0.15) is 27.4 Å². The van der Waals surface area contributed by atoms with Gasteiger partial charge in [0.05, 0.1) is 7.11 Å². The first-order valence-corrected chi connectivity index (χ1v) is 6.29. The highest BCUT2D eigenvalue weighted by Gasteiger charge is 2.40. The van der Waals surface area contributed by atoms with Crippen LogP contribution in [0.3, 0.4) is 0 Å². The second kappa shape index (κ2) is 6.13. The Kier molecular flexibility index (Phi) is 4.44. The maximum Gasteiger partial charge on any atom is 0.450 e. The number of benzene rings is 1. The van der Waals surface area contributed by atoms with Gasteiger partial charge in [-0.05, 0) is 30.7 Å². The Bertz CT molecular complexity index is 656. The maximum absolute atomic E-state index is 12.8. The number of furan rings is 1. The molecule has 0 N–H and O–H groups in total. The van der Waals surface area contributed by atoms with E-state index >= 15 is 0 Å². The van der Waals surface area contributed by atoms with Crippen molar-refractivity contribution in [2.24, 2.45) is 0 Å². The van der Waals surface area contributed by atoms with Crippen molar-refractivity contribution >= 4 is 5.97 Å². The third kappa shape index (κ3) is 3.60. The van der Waals surface area contributed by atoms with Gasteiger partial charge in [0.2, 0.25) is 5.76 Å². The first-order chi connectivity index (χ1) is 10.3. The summed E-state index contributed by atoms with van der Waals surface area (Å²) in [6.45, 7) is 1.18. The van der Waals surface area contributed by atoms with Crippen molar-refractivity contribution in [1.82, 2.24) is 0 Å². The van der Waals surface area contributed by atoms with Crippen LogP contribution in [0.2, 0.25) is 0 Å². The Morgan fingerprint density at radius 2 is 1.86 bits per heavy atom. The topological polar surface area (TPSA) is 48.7 Å². The minimum absolute atomic E-state index is 0.0104. The molecule has 1 aromatic heterocycles. The second-order valence-corrected chi connectivity index (χ2v) is 4.52. The summed E-state index contributed by atoms with van der Waals surface area (Å²) < 4.78 is 52.7. The van der Waals surface area contributed by atoms with E-state index in [1.54, 1.807) is 24.3 Å². The van der Waals surface area contributed by atoms with Crippen LogP contribution >= 0.6 is 0 Å². The molecule has 0 fully saturated rings. The molecular weight excluding hydrogens is 301 g/mol. The van der Waals surface area contributed by atoms with Gasteiger partial charge >= 0.3 is 12.1 Å². The molecule has 22 heavy (non-hydrogen) atoms. The summed E-state index contributed by atoms with van der Waals surface area (Å²) in [4.78, 5) is 11.8. The van der Waals surface area contributed by atoms with Crippen molar-refractivity contribution in [2.75, 3.05) is 7.11 Å². The summed E-state index contributed by atoms with van der Waals surface area (Å²) in [5.74, 6) is -1.81. The van der Waals surface area contributed by atoms with Crippen LogP contribution in [0.5, 0.6) is 5.75 Å². The molecule has 0 unspecified atom stereocenters. The summed E-state index contributed by atoms with van der Waals surface area (Å²) in [5, 5.41) is 0. The summed E-state index contributed by atoms with van der Waals surface area (Å²) in [5.41, 5.74) is 0.00133. The van der Waals surface area contributed by atoms with E-state index < -0.39 is 23.5 Å². The Morgan fingerprint density at radius 1 is 1.23 bits per heavy atom. The smallest absolute Gasteiger partial charge is 0.450 e. The molecule has 7 heteroatoms. The van der Waals surface area contributed by atoms with E-state index in [0.717, 1.165) is 6.07 Å². The molecule has 0 aliphatic carbocycles. The number of hydrogen-bond donors (Lipinski definition) is 0. The molecule has 2 rings (SSSR count). The molecular formula is C15H13F3O4. The third-order valence-electron chi connectivity index (χ3n) is 2.86. The second-order valence-electron chi connectivity index (χ2n) is 4.52. The van der Waals surface area contributed by atoms with E-state index in [0.29, 0.717) is 11.3 Å². The highest BCUT2D eigenvalue weighted by atomic mass is 19.4. The zero-order chi connectivity index (χ0) is 16.3. The molecule has 1 heterocycles. The standard InChI is InChI=1S/C15H13F3O4/c1-9-7-12(13(22-9)15(16,17)18)14(19)21-8-10-3-5-11(20-2)6-4-10/h3-7H,8H2,1-2H3. The lowest BCUT2D eigenvalue weighted by atomic mass is 10.2. The van der Waals surface area contributed by atoms with Crippen LogP contribution in [0, 0.1) is 6.92 Å². The summed E-state index contributed by atoms with van der Waals surface area (Å²) in [7, 11) is 1.51. The normalized spacial score (nSPS) is 11.3. The van der Waals surface area contributed by atoms with Crippen molar-refractivity contribution in [1.29, 1.82) is 0 Å². The van der Waals surface area contributed by atoms with Crippen LogP contribution in [0.4, 0.5) is 13.2 Å². The molecule has 0 spiro atoms. The van der Waals surface area contributed by atoms with Crippen molar-refractivity contribution in [2.45, 2.75) is 19.7 Å². The van der Waals surface area contributed by atoms with E-state index in [4.69, 9.17) is 9.47 Å². The summed E-state index contributed by atoms with van der Waals surface area (Å²) >= 11 is 0. The lowest BCUT2D eigenvalue weighted by molar-refractivity contribution is -0.153. The fourth-order valence-electron chi connectivity index (χ4n) is 1.82. The highest BCUT2D eigenvalue weighted by Crippen LogP contribution is 2.34. The Balaban J connectivity index is 2.09. The van der Waals surface area contributed by atoms with Gasteiger partial charge in [0, 0.05) is 0 Å². The third-order valence-corrected chi connectivity index (χ3v) is 2.86. The number of rotatable bonds is 4. The number of carbonyl (C=O) groups is 1. The number of alkyl halides is 3. The SMILES string of the molecule is COc1ccc(COC(=O)c2cc(C)oc2C(F)(F)F)cc1. The zero-order valence-electron chi connectivity index (χ0n) is 11.9. The predicted octanol–water partition coefficient (Wildman–Crippen LogP) is 3.97. The number of halogens is 3. The monoisotopic (exact) mass is 314 g/mol. The molecule has 4 nitrogen and oxygen atoms in total. The van der Waals surface area contributed by atoms with E-state index in [1.165, 1.54) is 14.0 Å². The fourth-order valence-corrected chi connectivity index (χ4v) is 1.82. The molecule has 2 aromatic rings. The minimum atomic E-state index is -4.75. The van der Waals surface area contributed by atoms with Gasteiger partial charge in [-0.25, -0.2) is 4.79 Å². The molecule has 0 saturated carbocycles. The summed E-state index contributed by atoms with van der Waals surface area (Å²) in [6.07, 6.45) is -4.75. The first-order valence-electron chi connectivity index (χ1n) is 6.29. The fraction of sp³-hybridized carbons (Fsp3) is 0.267. The number of esters is 1. The zero-order valence-corrected chi connectivity index (χ0v) is 11.9. The van der Waals surface area contributed by atoms with Crippen LogP contribution in [-0.4, -0.2) is 13.1 Å². The summed E-state index contributed by atoms with van der Waals surface area (Å²) in [6, 6.07) is 7.63. The molecule has 0 atom stereocenters. The van der Waals surface area contributed by atoms with E-state index in [-0.39, 0.29) is 12.4 Å². The molecule has 0 aliphatic rings. The van der Waals surface area contributed by atoms with Crippen LogP contribution in [0.15, 0.2) is 34.7 Å². The van der Waals surface area contributed by atoms with Gasteiger partial charge in [0.25, 0.3) is 0 Å². The molecule has 1 aromatic carbocycles. The molecule has 118 valence electrons. The number of ether oxygens (including phenoxy) is 2. The number of aryl methyl sites for hydroxylation is 1. The average Bonchev–Trinajstić information content (AvgIpc) is 2.87. The largest absolute Gasteiger partial charge is 0.497 e. The van der Waals surface area contributed by atoms with Crippen molar-refractivity contribution in [3.8, 4) is 5.75 Å². The van der Waals surface area contributed by atoms with Gasteiger partial charge in [0.1, 0.15) is 23.7 Å².